The monoisotopic (exact) mass is 428 g/mol. The maximum Gasteiger partial charge on any atom is 0.227 e. The molecule has 4 aliphatic rings. The van der Waals surface area contributed by atoms with Gasteiger partial charge in [-0.15, -0.1) is 0 Å². The Bertz CT molecular complexity index is 833. The van der Waals surface area contributed by atoms with Crippen LogP contribution in [0, 0.1) is 5.92 Å². The van der Waals surface area contributed by atoms with E-state index in [1.165, 1.54) is 12.8 Å². The molecular weight excluding hydrogens is 396 g/mol. The van der Waals surface area contributed by atoms with E-state index >= 15 is 0 Å². The van der Waals surface area contributed by atoms with Crippen LogP contribution in [0.2, 0.25) is 0 Å². The van der Waals surface area contributed by atoms with Gasteiger partial charge < -0.3 is 25.2 Å². The normalized spacial score (nSPS) is 30.1. The molecule has 31 heavy (non-hydrogen) atoms. The molecule has 2 saturated carbocycles. The van der Waals surface area contributed by atoms with Crippen LogP contribution in [0.15, 0.2) is 18.2 Å². The van der Waals surface area contributed by atoms with Gasteiger partial charge in [-0.05, 0) is 50.3 Å². The summed E-state index contributed by atoms with van der Waals surface area (Å²) in [6.45, 7) is -0.152. The van der Waals surface area contributed by atoms with Gasteiger partial charge in [0.05, 0.1) is 19.1 Å². The van der Waals surface area contributed by atoms with Crippen LogP contribution in [0.1, 0.15) is 69.3 Å². The van der Waals surface area contributed by atoms with Crippen molar-refractivity contribution in [3.8, 4) is 5.75 Å². The number of carbonyl (C=O) groups is 2. The van der Waals surface area contributed by atoms with E-state index < -0.39 is 6.10 Å². The second kappa shape index (κ2) is 8.79. The number of anilines is 1. The van der Waals surface area contributed by atoms with Crippen LogP contribution >= 0.6 is 0 Å². The van der Waals surface area contributed by atoms with Crippen molar-refractivity contribution in [3.05, 3.63) is 23.8 Å². The minimum absolute atomic E-state index is 0.0210. The summed E-state index contributed by atoms with van der Waals surface area (Å²) in [5.74, 6) is 1.04. The average molecular weight is 429 g/mol. The van der Waals surface area contributed by atoms with E-state index in [0.29, 0.717) is 12.8 Å². The minimum atomic E-state index is -0.469. The topological polar surface area (TPSA) is 96.9 Å². The van der Waals surface area contributed by atoms with Crippen LogP contribution in [0.25, 0.3) is 0 Å². The Labute approximate surface area is 182 Å². The summed E-state index contributed by atoms with van der Waals surface area (Å²) in [5, 5.41) is 16.1. The summed E-state index contributed by atoms with van der Waals surface area (Å²) in [6.07, 6.45) is 7.46. The minimum Gasteiger partial charge on any atom is -0.487 e. The summed E-state index contributed by atoms with van der Waals surface area (Å²) >= 11 is 0. The lowest BCUT2D eigenvalue weighted by molar-refractivity contribution is -0.142. The summed E-state index contributed by atoms with van der Waals surface area (Å²) in [6, 6.07) is 6.04. The van der Waals surface area contributed by atoms with Crippen molar-refractivity contribution in [3.63, 3.8) is 0 Å². The Hall–Kier alpha value is -2.12. The van der Waals surface area contributed by atoms with Crippen LogP contribution in [-0.2, 0) is 14.3 Å². The number of rotatable bonds is 6. The lowest BCUT2D eigenvalue weighted by Crippen LogP contribution is -2.47. The van der Waals surface area contributed by atoms with Crippen molar-refractivity contribution in [2.24, 2.45) is 5.92 Å². The maximum atomic E-state index is 12.5. The summed E-state index contributed by atoms with van der Waals surface area (Å²) in [5.41, 5.74) is 1.81. The van der Waals surface area contributed by atoms with Crippen molar-refractivity contribution in [2.45, 2.75) is 88.1 Å². The Balaban J connectivity index is 1.27. The molecule has 5 rings (SSSR count). The van der Waals surface area contributed by atoms with Crippen LogP contribution in [0.3, 0.4) is 0 Å². The molecule has 2 amide bonds. The molecule has 7 nitrogen and oxygen atoms in total. The number of ether oxygens (including phenoxy) is 2. The van der Waals surface area contributed by atoms with Gasteiger partial charge in [0.2, 0.25) is 11.8 Å². The molecule has 0 aromatic heterocycles. The summed E-state index contributed by atoms with van der Waals surface area (Å²) in [7, 11) is 0. The summed E-state index contributed by atoms with van der Waals surface area (Å²) in [4.78, 5) is 24.9. The number of hydrogen-bond donors (Lipinski definition) is 3. The van der Waals surface area contributed by atoms with Crippen LogP contribution in [-0.4, -0.2) is 47.9 Å². The quantitative estimate of drug-likeness (QED) is 0.647. The number of nitrogens with one attached hydrogen (secondary N) is 2. The number of aliphatic hydroxyl groups is 1. The highest BCUT2D eigenvalue weighted by Gasteiger charge is 2.46. The molecule has 0 spiro atoms. The SMILES string of the molecule is O=C(C[C@@H]1C[C@@H]2c3cc(NC(=O)C4CCC4)ccc3O[C@@H]2[C@H](CO)O1)NC1CCCC1. The fourth-order valence-electron chi connectivity index (χ4n) is 5.45. The first-order valence-electron chi connectivity index (χ1n) is 11.8. The van der Waals surface area contributed by atoms with Crippen molar-refractivity contribution in [1.29, 1.82) is 0 Å². The highest BCUT2D eigenvalue weighted by Crippen LogP contribution is 2.47. The van der Waals surface area contributed by atoms with E-state index in [-0.39, 0.29) is 48.5 Å². The fourth-order valence-corrected chi connectivity index (χ4v) is 5.45. The van der Waals surface area contributed by atoms with Crippen molar-refractivity contribution in [2.75, 3.05) is 11.9 Å². The third kappa shape index (κ3) is 4.30. The third-order valence-corrected chi connectivity index (χ3v) is 7.38. The van der Waals surface area contributed by atoms with E-state index in [1.807, 2.05) is 18.2 Å². The molecule has 4 atom stereocenters. The Morgan fingerprint density at radius 2 is 1.90 bits per heavy atom. The molecule has 7 heteroatoms. The fraction of sp³-hybridized carbons (Fsp3) is 0.667. The van der Waals surface area contributed by atoms with Crippen molar-refractivity contribution >= 4 is 17.5 Å². The Kier molecular flexibility index (Phi) is 5.89. The van der Waals surface area contributed by atoms with Crippen LogP contribution < -0.4 is 15.4 Å². The van der Waals surface area contributed by atoms with Gasteiger partial charge in [0.1, 0.15) is 18.0 Å². The lowest BCUT2D eigenvalue weighted by Gasteiger charge is -2.37. The molecule has 0 radical (unpaired) electrons. The molecular formula is C24H32N2O5. The molecule has 2 aliphatic heterocycles. The van der Waals surface area contributed by atoms with Gasteiger partial charge in [0.25, 0.3) is 0 Å². The first-order chi connectivity index (χ1) is 15.1. The van der Waals surface area contributed by atoms with Crippen LogP contribution in [0.5, 0.6) is 5.75 Å². The van der Waals surface area contributed by atoms with Gasteiger partial charge in [-0.2, -0.15) is 0 Å². The second-order valence-corrected chi connectivity index (χ2v) is 9.53. The van der Waals surface area contributed by atoms with Crippen molar-refractivity contribution < 1.29 is 24.2 Å². The number of carbonyl (C=O) groups excluding carboxylic acids is 2. The lowest BCUT2D eigenvalue weighted by atomic mass is 9.83. The number of amides is 2. The molecule has 1 aromatic rings. The molecule has 0 unspecified atom stereocenters. The highest BCUT2D eigenvalue weighted by molar-refractivity contribution is 5.93. The van der Waals surface area contributed by atoms with Crippen molar-refractivity contribution in [1.82, 2.24) is 5.32 Å². The van der Waals surface area contributed by atoms with Gasteiger partial charge >= 0.3 is 0 Å². The molecule has 2 heterocycles. The average Bonchev–Trinajstić information content (AvgIpc) is 3.33. The van der Waals surface area contributed by atoms with Gasteiger partial charge in [-0.3, -0.25) is 9.59 Å². The smallest absolute Gasteiger partial charge is 0.227 e. The molecule has 3 fully saturated rings. The highest BCUT2D eigenvalue weighted by atomic mass is 16.6. The molecule has 2 aliphatic carbocycles. The largest absolute Gasteiger partial charge is 0.487 e. The van der Waals surface area contributed by atoms with Gasteiger partial charge in [0.15, 0.2) is 0 Å². The standard InChI is InChI=1S/C24H32N2O5/c27-13-21-23-19(11-17(30-21)12-22(28)25-15-6-1-2-7-15)18-10-16(8-9-20(18)31-23)26-24(29)14-4-3-5-14/h8-10,14-15,17,19,21,23,27H,1-7,11-13H2,(H,25,28)(H,26,29)/t17-,19+,21-,23-/m0/s1. The predicted octanol–water partition coefficient (Wildman–Crippen LogP) is 2.87. The van der Waals surface area contributed by atoms with Gasteiger partial charge in [-0.1, -0.05) is 19.3 Å². The Morgan fingerprint density at radius 1 is 1.10 bits per heavy atom. The molecule has 168 valence electrons. The third-order valence-electron chi connectivity index (χ3n) is 7.38. The maximum absolute atomic E-state index is 12.5. The number of benzene rings is 1. The van der Waals surface area contributed by atoms with E-state index in [4.69, 9.17) is 9.47 Å². The van der Waals surface area contributed by atoms with Gasteiger partial charge in [0, 0.05) is 29.1 Å². The number of hydrogen-bond acceptors (Lipinski definition) is 5. The molecule has 3 N–H and O–H groups in total. The van der Waals surface area contributed by atoms with E-state index in [2.05, 4.69) is 10.6 Å². The first kappa shape index (κ1) is 20.8. The number of aliphatic hydroxyl groups excluding tert-OH is 1. The number of fused-ring (bicyclic) bond motifs is 3. The van der Waals surface area contributed by atoms with Gasteiger partial charge in [-0.25, -0.2) is 0 Å². The zero-order valence-corrected chi connectivity index (χ0v) is 17.8. The predicted molar refractivity (Wildman–Crippen MR) is 115 cm³/mol. The van der Waals surface area contributed by atoms with Crippen LogP contribution in [0.4, 0.5) is 5.69 Å². The second-order valence-electron chi connectivity index (χ2n) is 9.53. The molecule has 0 bridgehead atoms. The van der Waals surface area contributed by atoms with E-state index in [0.717, 1.165) is 49.1 Å². The zero-order valence-electron chi connectivity index (χ0n) is 17.8. The first-order valence-corrected chi connectivity index (χ1v) is 11.8. The Morgan fingerprint density at radius 3 is 2.61 bits per heavy atom. The van der Waals surface area contributed by atoms with E-state index in [9.17, 15) is 14.7 Å². The molecule has 1 aromatic carbocycles. The zero-order chi connectivity index (χ0) is 21.4. The van der Waals surface area contributed by atoms with E-state index in [1.54, 1.807) is 0 Å². The molecule has 1 saturated heterocycles. The summed E-state index contributed by atoms with van der Waals surface area (Å²) < 4.78 is 12.2.